The molecule has 1 aromatic rings. The number of nitrogens with one attached hydrogen (secondary N) is 1. The fraction of sp³-hybridized carbons (Fsp3) is 0.467. The standard InChI is InChI=1S/C15H20FN3O3/c1-21-15(17-5-6-19-7-9-22-10-8-19)18-14(20)12-3-2-4-13(16)11-12/h2-4,11H,5-10H2,1H3,(H,17,18,20). The minimum absolute atomic E-state index is 0.127. The summed E-state index contributed by atoms with van der Waals surface area (Å²) in [5.41, 5.74) is 0.220. The summed E-state index contributed by atoms with van der Waals surface area (Å²) < 4.78 is 23.4. The summed E-state index contributed by atoms with van der Waals surface area (Å²) in [6.45, 7) is 4.51. The Bertz CT molecular complexity index is 531. The second-order valence-corrected chi connectivity index (χ2v) is 4.81. The minimum atomic E-state index is -0.462. The Balaban J connectivity index is 1.85. The van der Waals surface area contributed by atoms with E-state index in [1.807, 2.05) is 0 Å². The minimum Gasteiger partial charge on any atom is -0.468 e. The number of halogens is 1. The first-order valence-electron chi connectivity index (χ1n) is 7.14. The lowest BCUT2D eigenvalue weighted by molar-refractivity contribution is 0.0394. The van der Waals surface area contributed by atoms with Crippen molar-refractivity contribution < 1.29 is 18.7 Å². The van der Waals surface area contributed by atoms with Crippen LogP contribution in [0.1, 0.15) is 10.4 Å². The van der Waals surface area contributed by atoms with Gasteiger partial charge in [-0.15, -0.1) is 0 Å². The molecule has 1 aliphatic heterocycles. The SMILES string of the molecule is COC(=NCCN1CCOCC1)NC(=O)c1cccc(F)c1. The van der Waals surface area contributed by atoms with Gasteiger partial charge in [-0.3, -0.25) is 15.0 Å². The van der Waals surface area contributed by atoms with E-state index in [-0.39, 0.29) is 11.6 Å². The highest BCUT2D eigenvalue weighted by Gasteiger charge is 2.11. The van der Waals surface area contributed by atoms with Gasteiger partial charge >= 0.3 is 0 Å². The van der Waals surface area contributed by atoms with Crippen molar-refractivity contribution in [3.8, 4) is 0 Å². The van der Waals surface area contributed by atoms with Gasteiger partial charge in [-0.05, 0) is 18.2 Å². The number of carbonyl (C=O) groups excluding carboxylic acids is 1. The van der Waals surface area contributed by atoms with Crippen LogP contribution >= 0.6 is 0 Å². The zero-order valence-corrected chi connectivity index (χ0v) is 12.5. The third kappa shape index (κ3) is 5.09. The highest BCUT2D eigenvalue weighted by atomic mass is 19.1. The molecule has 1 saturated heterocycles. The van der Waals surface area contributed by atoms with Gasteiger partial charge in [0.1, 0.15) is 5.82 Å². The number of hydrogen-bond donors (Lipinski definition) is 1. The van der Waals surface area contributed by atoms with Crippen molar-refractivity contribution in [3.05, 3.63) is 35.6 Å². The summed E-state index contributed by atoms with van der Waals surface area (Å²) in [5.74, 6) is -0.914. The van der Waals surface area contributed by atoms with Gasteiger partial charge in [-0.2, -0.15) is 0 Å². The summed E-state index contributed by atoms with van der Waals surface area (Å²) in [5, 5.41) is 2.53. The molecular weight excluding hydrogens is 289 g/mol. The number of morpholine rings is 1. The third-order valence-corrected chi connectivity index (χ3v) is 3.28. The van der Waals surface area contributed by atoms with Gasteiger partial charge < -0.3 is 9.47 Å². The normalized spacial score (nSPS) is 16.4. The van der Waals surface area contributed by atoms with E-state index >= 15 is 0 Å². The van der Waals surface area contributed by atoms with Crippen LogP contribution in [0.25, 0.3) is 0 Å². The number of amidine groups is 1. The molecule has 0 unspecified atom stereocenters. The Morgan fingerprint density at radius 2 is 2.23 bits per heavy atom. The molecule has 0 radical (unpaired) electrons. The average Bonchev–Trinajstić information content (AvgIpc) is 2.54. The lowest BCUT2D eigenvalue weighted by Gasteiger charge is -2.25. The van der Waals surface area contributed by atoms with E-state index in [1.165, 1.54) is 25.3 Å². The first-order valence-corrected chi connectivity index (χ1v) is 7.14. The zero-order valence-electron chi connectivity index (χ0n) is 12.5. The van der Waals surface area contributed by atoms with E-state index in [9.17, 15) is 9.18 Å². The van der Waals surface area contributed by atoms with Gasteiger partial charge in [-0.1, -0.05) is 6.07 Å². The van der Waals surface area contributed by atoms with Crippen LogP contribution < -0.4 is 5.32 Å². The molecule has 7 heteroatoms. The summed E-state index contributed by atoms with van der Waals surface area (Å²) in [6, 6.07) is 5.58. The number of hydrogen-bond acceptors (Lipinski definition) is 5. The zero-order chi connectivity index (χ0) is 15.8. The number of methoxy groups -OCH3 is 1. The highest BCUT2D eigenvalue weighted by molar-refractivity contribution is 6.04. The van der Waals surface area contributed by atoms with E-state index in [2.05, 4.69) is 15.2 Å². The average molecular weight is 309 g/mol. The number of aliphatic imine (C=N–C) groups is 1. The molecule has 1 N–H and O–H groups in total. The molecular formula is C15H20FN3O3. The van der Waals surface area contributed by atoms with Crippen LogP contribution in [0.4, 0.5) is 4.39 Å². The van der Waals surface area contributed by atoms with Crippen molar-refractivity contribution in [1.29, 1.82) is 0 Å². The number of nitrogens with zero attached hydrogens (tertiary/aromatic N) is 2. The van der Waals surface area contributed by atoms with E-state index in [4.69, 9.17) is 9.47 Å². The van der Waals surface area contributed by atoms with Crippen LogP contribution in [0.5, 0.6) is 0 Å². The maximum Gasteiger partial charge on any atom is 0.291 e. The quantitative estimate of drug-likeness (QED) is 0.663. The first-order chi connectivity index (χ1) is 10.7. The monoisotopic (exact) mass is 309 g/mol. The smallest absolute Gasteiger partial charge is 0.291 e. The molecule has 1 aromatic carbocycles. The van der Waals surface area contributed by atoms with Crippen LogP contribution in [-0.2, 0) is 9.47 Å². The van der Waals surface area contributed by atoms with Crippen LogP contribution in [-0.4, -0.2) is 63.3 Å². The van der Waals surface area contributed by atoms with Gasteiger partial charge in [0.2, 0.25) is 0 Å². The van der Waals surface area contributed by atoms with E-state index in [1.54, 1.807) is 0 Å². The van der Waals surface area contributed by atoms with Crippen molar-refractivity contribution in [2.24, 2.45) is 4.99 Å². The van der Waals surface area contributed by atoms with Crippen molar-refractivity contribution in [2.75, 3.05) is 46.5 Å². The van der Waals surface area contributed by atoms with Gasteiger partial charge in [0.15, 0.2) is 0 Å². The molecule has 0 saturated carbocycles. The molecule has 0 bridgehead atoms. The van der Waals surface area contributed by atoms with Crippen LogP contribution in [0, 0.1) is 5.82 Å². The van der Waals surface area contributed by atoms with Gasteiger partial charge in [0.25, 0.3) is 11.9 Å². The number of rotatable bonds is 4. The number of amides is 1. The van der Waals surface area contributed by atoms with Crippen LogP contribution in [0.15, 0.2) is 29.3 Å². The van der Waals surface area contributed by atoms with E-state index in [0.717, 1.165) is 38.9 Å². The molecule has 1 heterocycles. The number of carbonyl (C=O) groups is 1. The number of ether oxygens (including phenoxy) is 2. The molecule has 1 fully saturated rings. The van der Waals surface area contributed by atoms with Gasteiger partial charge in [-0.25, -0.2) is 9.38 Å². The molecule has 0 spiro atoms. The van der Waals surface area contributed by atoms with Crippen molar-refractivity contribution in [3.63, 3.8) is 0 Å². The van der Waals surface area contributed by atoms with E-state index in [0.29, 0.717) is 6.54 Å². The Labute approximate surface area is 128 Å². The van der Waals surface area contributed by atoms with E-state index < -0.39 is 11.7 Å². The fourth-order valence-corrected chi connectivity index (χ4v) is 2.07. The maximum absolute atomic E-state index is 13.1. The Kier molecular flexibility index (Phi) is 6.29. The summed E-state index contributed by atoms with van der Waals surface area (Å²) in [4.78, 5) is 18.4. The van der Waals surface area contributed by atoms with Crippen molar-refractivity contribution >= 4 is 11.9 Å². The lowest BCUT2D eigenvalue weighted by atomic mass is 10.2. The Morgan fingerprint density at radius 1 is 1.45 bits per heavy atom. The molecule has 1 aliphatic rings. The molecule has 22 heavy (non-hydrogen) atoms. The first kappa shape index (κ1) is 16.4. The molecule has 0 aromatic heterocycles. The predicted octanol–water partition coefficient (Wildman–Crippen LogP) is 0.890. The topological polar surface area (TPSA) is 63.2 Å². The van der Waals surface area contributed by atoms with Crippen molar-refractivity contribution in [1.82, 2.24) is 10.2 Å². The Morgan fingerprint density at radius 3 is 2.91 bits per heavy atom. The number of benzene rings is 1. The molecule has 6 nitrogen and oxygen atoms in total. The molecule has 0 atom stereocenters. The largest absolute Gasteiger partial charge is 0.468 e. The Hall–Kier alpha value is -1.99. The molecule has 0 aliphatic carbocycles. The molecule has 1 amide bonds. The second-order valence-electron chi connectivity index (χ2n) is 4.81. The summed E-state index contributed by atoms with van der Waals surface area (Å²) >= 11 is 0. The van der Waals surface area contributed by atoms with Crippen molar-refractivity contribution in [2.45, 2.75) is 0 Å². The molecule has 2 rings (SSSR count). The predicted molar refractivity (Wildman–Crippen MR) is 80.4 cm³/mol. The third-order valence-electron chi connectivity index (χ3n) is 3.28. The second kappa shape index (κ2) is 8.45. The fourth-order valence-electron chi connectivity index (χ4n) is 2.07. The van der Waals surface area contributed by atoms with Crippen LogP contribution in [0.2, 0.25) is 0 Å². The summed E-state index contributed by atoms with van der Waals surface area (Å²) in [7, 11) is 1.43. The highest BCUT2D eigenvalue weighted by Crippen LogP contribution is 2.03. The van der Waals surface area contributed by atoms with Gasteiger partial charge in [0.05, 0.1) is 26.9 Å². The van der Waals surface area contributed by atoms with Gasteiger partial charge in [0, 0.05) is 25.2 Å². The maximum atomic E-state index is 13.1. The molecule has 120 valence electrons. The lowest BCUT2D eigenvalue weighted by Crippen LogP contribution is -2.38. The summed E-state index contributed by atoms with van der Waals surface area (Å²) in [6.07, 6.45) is 0. The van der Waals surface area contributed by atoms with Crippen LogP contribution in [0.3, 0.4) is 0 Å².